The van der Waals surface area contributed by atoms with Gasteiger partial charge in [-0.25, -0.2) is 0 Å². The van der Waals surface area contributed by atoms with Crippen LogP contribution in [0.25, 0.3) is 0 Å². The second-order valence-corrected chi connectivity index (χ2v) is 5.81. The van der Waals surface area contributed by atoms with Crippen molar-refractivity contribution in [2.75, 3.05) is 26.7 Å². The van der Waals surface area contributed by atoms with E-state index in [0.29, 0.717) is 18.2 Å². The van der Waals surface area contributed by atoms with Crippen LogP contribution in [0.5, 0.6) is 0 Å². The van der Waals surface area contributed by atoms with Crippen molar-refractivity contribution in [1.82, 2.24) is 10.2 Å². The molecule has 0 spiro atoms. The van der Waals surface area contributed by atoms with Crippen LogP contribution in [0.1, 0.15) is 37.4 Å². The SMILES string of the molecule is CCC1CN(C(C)C(NC)c2ccc(C)cc2)CCO1. The van der Waals surface area contributed by atoms with Gasteiger partial charge in [0.05, 0.1) is 12.7 Å². The Morgan fingerprint density at radius 2 is 2.05 bits per heavy atom. The molecule has 1 heterocycles. The fraction of sp³-hybridized carbons (Fsp3) is 0.647. The van der Waals surface area contributed by atoms with Crippen molar-refractivity contribution in [2.45, 2.75) is 45.4 Å². The predicted molar refractivity (Wildman–Crippen MR) is 84.0 cm³/mol. The van der Waals surface area contributed by atoms with E-state index in [4.69, 9.17) is 4.74 Å². The monoisotopic (exact) mass is 276 g/mol. The van der Waals surface area contributed by atoms with Crippen LogP contribution in [-0.2, 0) is 4.74 Å². The standard InChI is InChI=1S/C17H28N2O/c1-5-16-12-19(10-11-20-16)14(3)17(18-4)15-8-6-13(2)7-9-15/h6-9,14,16-18H,5,10-12H2,1-4H3. The smallest absolute Gasteiger partial charge is 0.0700 e. The minimum absolute atomic E-state index is 0.367. The molecule has 3 atom stereocenters. The van der Waals surface area contributed by atoms with Gasteiger partial charge in [-0.3, -0.25) is 4.90 Å². The van der Waals surface area contributed by atoms with Crippen molar-refractivity contribution in [2.24, 2.45) is 0 Å². The Hall–Kier alpha value is -0.900. The van der Waals surface area contributed by atoms with E-state index in [9.17, 15) is 0 Å². The quantitative estimate of drug-likeness (QED) is 0.895. The second kappa shape index (κ2) is 7.21. The van der Waals surface area contributed by atoms with E-state index in [0.717, 1.165) is 26.1 Å². The van der Waals surface area contributed by atoms with Crippen LogP contribution in [0.3, 0.4) is 0 Å². The van der Waals surface area contributed by atoms with E-state index in [1.54, 1.807) is 0 Å². The van der Waals surface area contributed by atoms with Gasteiger partial charge in [0.15, 0.2) is 0 Å². The summed E-state index contributed by atoms with van der Waals surface area (Å²) in [5.41, 5.74) is 2.68. The van der Waals surface area contributed by atoms with E-state index < -0.39 is 0 Å². The Labute approximate surface area is 123 Å². The van der Waals surface area contributed by atoms with Crippen LogP contribution in [-0.4, -0.2) is 43.8 Å². The van der Waals surface area contributed by atoms with Crippen LogP contribution < -0.4 is 5.32 Å². The van der Waals surface area contributed by atoms with Crippen LogP contribution in [0.15, 0.2) is 24.3 Å². The second-order valence-electron chi connectivity index (χ2n) is 5.81. The van der Waals surface area contributed by atoms with E-state index >= 15 is 0 Å². The Bertz CT molecular complexity index is 404. The number of nitrogens with one attached hydrogen (secondary N) is 1. The summed E-state index contributed by atoms with van der Waals surface area (Å²) in [6.07, 6.45) is 1.49. The third kappa shape index (κ3) is 3.60. The Morgan fingerprint density at radius 1 is 1.35 bits per heavy atom. The Morgan fingerprint density at radius 3 is 2.65 bits per heavy atom. The summed E-state index contributed by atoms with van der Waals surface area (Å²) >= 11 is 0. The maximum absolute atomic E-state index is 5.78. The summed E-state index contributed by atoms with van der Waals surface area (Å²) in [4.78, 5) is 2.55. The van der Waals surface area contributed by atoms with Crippen molar-refractivity contribution in [3.63, 3.8) is 0 Å². The number of nitrogens with zero attached hydrogens (tertiary/aromatic N) is 1. The molecule has 0 radical (unpaired) electrons. The molecule has 3 heteroatoms. The van der Waals surface area contributed by atoms with Crippen molar-refractivity contribution in [3.8, 4) is 0 Å². The van der Waals surface area contributed by atoms with Crippen molar-refractivity contribution in [3.05, 3.63) is 35.4 Å². The summed E-state index contributed by atoms with van der Waals surface area (Å²) in [5.74, 6) is 0. The van der Waals surface area contributed by atoms with Gasteiger partial charge < -0.3 is 10.1 Å². The van der Waals surface area contributed by atoms with Crippen molar-refractivity contribution in [1.29, 1.82) is 0 Å². The molecule has 1 saturated heterocycles. The van der Waals surface area contributed by atoms with Gasteiger partial charge in [0.1, 0.15) is 0 Å². The first-order valence-electron chi connectivity index (χ1n) is 7.75. The summed E-state index contributed by atoms with van der Waals surface area (Å²) in [7, 11) is 2.05. The number of rotatable bonds is 5. The minimum Gasteiger partial charge on any atom is -0.376 e. The van der Waals surface area contributed by atoms with Crippen LogP contribution >= 0.6 is 0 Å². The van der Waals surface area contributed by atoms with Gasteiger partial charge in [-0.15, -0.1) is 0 Å². The molecule has 112 valence electrons. The number of hydrogen-bond acceptors (Lipinski definition) is 3. The first-order chi connectivity index (χ1) is 9.65. The van der Waals surface area contributed by atoms with Crippen LogP contribution in [0, 0.1) is 6.92 Å². The van der Waals surface area contributed by atoms with E-state index in [2.05, 4.69) is 62.3 Å². The lowest BCUT2D eigenvalue weighted by atomic mass is 9.97. The lowest BCUT2D eigenvalue weighted by Gasteiger charge is -2.40. The molecule has 20 heavy (non-hydrogen) atoms. The lowest BCUT2D eigenvalue weighted by molar-refractivity contribution is -0.0466. The zero-order valence-corrected chi connectivity index (χ0v) is 13.2. The number of hydrogen-bond donors (Lipinski definition) is 1. The molecule has 3 nitrogen and oxygen atoms in total. The number of ether oxygens (including phenoxy) is 1. The fourth-order valence-corrected chi connectivity index (χ4v) is 3.03. The molecule has 0 saturated carbocycles. The van der Waals surface area contributed by atoms with E-state index in [1.165, 1.54) is 11.1 Å². The van der Waals surface area contributed by atoms with E-state index in [1.807, 2.05) is 0 Å². The average Bonchev–Trinajstić information content (AvgIpc) is 2.50. The lowest BCUT2D eigenvalue weighted by Crippen LogP contribution is -2.50. The summed E-state index contributed by atoms with van der Waals surface area (Å²) in [6, 6.07) is 9.71. The summed E-state index contributed by atoms with van der Waals surface area (Å²) < 4.78 is 5.78. The molecule has 1 aromatic carbocycles. The van der Waals surface area contributed by atoms with Gasteiger partial charge in [0, 0.05) is 25.2 Å². The molecule has 1 aliphatic heterocycles. The highest BCUT2D eigenvalue weighted by molar-refractivity contribution is 5.25. The number of morpholine rings is 1. The topological polar surface area (TPSA) is 24.5 Å². The molecule has 0 aromatic heterocycles. The molecule has 3 unspecified atom stereocenters. The fourth-order valence-electron chi connectivity index (χ4n) is 3.03. The molecule has 2 rings (SSSR count). The van der Waals surface area contributed by atoms with Crippen LogP contribution in [0.2, 0.25) is 0 Å². The molecule has 1 fully saturated rings. The molecule has 0 aliphatic carbocycles. The highest BCUT2D eigenvalue weighted by Gasteiger charge is 2.28. The largest absolute Gasteiger partial charge is 0.376 e. The minimum atomic E-state index is 0.367. The number of aryl methyl sites for hydroxylation is 1. The van der Waals surface area contributed by atoms with Gasteiger partial charge in [-0.2, -0.15) is 0 Å². The zero-order chi connectivity index (χ0) is 14.5. The summed E-state index contributed by atoms with van der Waals surface area (Å²) in [6.45, 7) is 9.58. The van der Waals surface area contributed by atoms with Crippen molar-refractivity contribution < 1.29 is 4.74 Å². The molecule has 0 amide bonds. The van der Waals surface area contributed by atoms with E-state index in [-0.39, 0.29) is 0 Å². The first-order valence-corrected chi connectivity index (χ1v) is 7.75. The third-order valence-electron chi connectivity index (χ3n) is 4.43. The van der Waals surface area contributed by atoms with Crippen molar-refractivity contribution >= 4 is 0 Å². The van der Waals surface area contributed by atoms with Gasteiger partial charge >= 0.3 is 0 Å². The normalized spacial score (nSPS) is 23.5. The van der Waals surface area contributed by atoms with Gasteiger partial charge in [-0.1, -0.05) is 36.8 Å². The third-order valence-corrected chi connectivity index (χ3v) is 4.43. The highest BCUT2D eigenvalue weighted by atomic mass is 16.5. The maximum Gasteiger partial charge on any atom is 0.0700 e. The predicted octanol–water partition coefficient (Wildman–Crippen LogP) is 2.75. The Kier molecular flexibility index (Phi) is 5.58. The number of benzene rings is 1. The summed E-state index contributed by atoms with van der Waals surface area (Å²) in [5, 5.41) is 3.49. The Balaban J connectivity index is 2.08. The zero-order valence-electron chi connectivity index (χ0n) is 13.2. The first kappa shape index (κ1) is 15.5. The van der Waals surface area contributed by atoms with Crippen LogP contribution in [0.4, 0.5) is 0 Å². The molecule has 1 N–H and O–H groups in total. The molecule has 1 aliphatic rings. The van der Waals surface area contributed by atoms with Gasteiger partial charge in [0.2, 0.25) is 0 Å². The van der Waals surface area contributed by atoms with Gasteiger partial charge in [-0.05, 0) is 32.9 Å². The molecular weight excluding hydrogens is 248 g/mol. The highest BCUT2D eigenvalue weighted by Crippen LogP contribution is 2.23. The molecule has 0 bridgehead atoms. The van der Waals surface area contributed by atoms with Gasteiger partial charge in [0.25, 0.3) is 0 Å². The maximum atomic E-state index is 5.78. The number of likely N-dealkylation sites (N-methyl/N-ethyl adjacent to an activating group) is 1. The molecular formula is C17H28N2O. The molecule has 1 aromatic rings. The average molecular weight is 276 g/mol.